The van der Waals surface area contributed by atoms with Gasteiger partial charge in [-0.3, -0.25) is 4.79 Å². The van der Waals surface area contributed by atoms with E-state index in [0.717, 1.165) is 5.75 Å². The fourth-order valence-corrected chi connectivity index (χ4v) is 2.37. The molecule has 1 heterocycles. The third-order valence-corrected chi connectivity index (χ3v) is 3.01. The Bertz CT molecular complexity index is 151. The summed E-state index contributed by atoms with van der Waals surface area (Å²) in [7, 11) is 0. The van der Waals surface area contributed by atoms with Crippen LogP contribution in [0.25, 0.3) is 0 Å². The molecule has 0 saturated carbocycles. The average molecular weight is 178 g/mol. The Morgan fingerprint density at radius 1 is 1.73 bits per heavy atom. The first kappa shape index (κ1) is 8.84. The van der Waals surface area contributed by atoms with Crippen LogP contribution < -0.4 is 0 Å². The predicted octanol–water partition coefficient (Wildman–Crippen LogP) is 1.55. The molecule has 0 radical (unpaired) electrons. The van der Waals surface area contributed by atoms with Crippen molar-refractivity contribution in [1.29, 1.82) is 0 Å². The quantitative estimate of drug-likeness (QED) is 0.697. The van der Waals surface area contributed by atoms with Crippen molar-refractivity contribution < 1.29 is 14.3 Å². The number of carboxylic acids is 1. The molecule has 2 atom stereocenters. The molecule has 1 rings (SSSR count). The first-order valence-electron chi connectivity index (χ1n) is 3.63. The number of hydrogen-bond acceptors (Lipinski definition) is 2. The molecule has 0 amide bonds. The maximum absolute atomic E-state index is 12.9. The van der Waals surface area contributed by atoms with Gasteiger partial charge in [0.2, 0.25) is 0 Å². The Kier molecular flexibility index (Phi) is 3.17. The molecule has 0 aromatic heterocycles. The highest BCUT2D eigenvalue weighted by molar-refractivity contribution is 7.99. The molecule has 0 unspecified atom stereocenters. The summed E-state index contributed by atoms with van der Waals surface area (Å²) in [6, 6.07) is 0. The third-order valence-electron chi connectivity index (χ3n) is 1.82. The monoisotopic (exact) mass is 178 g/mol. The highest BCUT2D eigenvalue weighted by Crippen LogP contribution is 2.27. The van der Waals surface area contributed by atoms with Crippen LogP contribution in [-0.4, -0.2) is 28.8 Å². The zero-order valence-electron chi connectivity index (χ0n) is 6.12. The van der Waals surface area contributed by atoms with Gasteiger partial charge >= 0.3 is 5.97 Å². The summed E-state index contributed by atoms with van der Waals surface area (Å²) >= 11 is 1.65. The SMILES string of the molecule is O=C(O)C[C@@H]1CSCC[C@H]1F. The standard InChI is InChI=1S/C7H11FO2S/c8-6-1-2-11-4-5(6)3-7(9)10/h5-6H,1-4H2,(H,9,10)/t5-,6-/m1/s1. The van der Waals surface area contributed by atoms with Crippen molar-refractivity contribution in [3.63, 3.8) is 0 Å². The van der Waals surface area contributed by atoms with Gasteiger partial charge in [-0.1, -0.05) is 0 Å². The van der Waals surface area contributed by atoms with Crippen molar-refractivity contribution in [1.82, 2.24) is 0 Å². The van der Waals surface area contributed by atoms with E-state index < -0.39 is 12.1 Å². The van der Waals surface area contributed by atoms with Gasteiger partial charge in [0, 0.05) is 5.92 Å². The molecule has 2 nitrogen and oxygen atoms in total. The van der Waals surface area contributed by atoms with E-state index in [1.54, 1.807) is 11.8 Å². The molecule has 1 aliphatic heterocycles. The highest BCUT2D eigenvalue weighted by atomic mass is 32.2. The second-order valence-corrected chi connectivity index (χ2v) is 3.89. The maximum Gasteiger partial charge on any atom is 0.303 e. The topological polar surface area (TPSA) is 37.3 Å². The minimum absolute atomic E-state index is 0.0197. The molecule has 0 aromatic rings. The Morgan fingerprint density at radius 3 is 3.00 bits per heavy atom. The number of thioether (sulfide) groups is 1. The van der Waals surface area contributed by atoms with E-state index in [9.17, 15) is 9.18 Å². The fourth-order valence-electron chi connectivity index (χ4n) is 1.18. The molecule has 64 valence electrons. The maximum atomic E-state index is 12.9. The van der Waals surface area contributed by atoms with Crippen LogP contribution in [0.3, 0.4) is 0 Å². The molecule has 0 aliphatic carbocycles. The second-order valence-electron chi connectivity index (χ2n) is 2.74. The fraction of sp³-hybridized carbons (Fsp3) is 0.857. The zero-order valence-corrected chi connectivity index (χ0v) is 6.94. The van der Waals surface area contributed by atoms with Gasteiger partial charge in [0.1, 0.15) is 6.17 Å². The lowest BCUT2D eigenvalue weighted by atomic mass is 10.00. The molecular formula is C7H11FO2S. The smallest absolute Gasteiger partial charge is 0.303 e. The lowest BCUT2D eigenvalue weighted by Gasteiger charge is -2.23. The summed E-state index contributed by atoms with van der Waals surface area (Å²) < 4.78 is 12.9. The van der Waals surface area contributed by atoms with Crippen LogP contribution >= 0.6 is 11.8 Å². The normalized spacial score (nSPS) is 31.7. The van der Waals surface area contributed by atoms with Crippen LogP contribution in [0.2, 0.25) is 0 Å². The van der Waals surface area contributed by atoms with Gasteiger partial charge < -0.3 is 5.11 Å². The number of rotatable bonds is 2. The van der Waals surface area contributed by atoms with Crippen molar-refractivity contribution in [2.24, 2.45) is 5.92 Å². The first-order valence-corrected chi connectivity index (χ1v) is 4.79. The molecule has 4 heteroatoms. The summed E-state index contributed by atoms with van der Waals surface area (Å²) in [5.41, 5.74) is 0. The molecule has 11 heavy (non-hydrogen) atoms. The van der Waals surface area contributed by atoms with Crippen LogP contribution in [-0.2, 0) is 4.79 Å². The molecule has 1 aliphatic rings. The lowest BCUT2D eigenvalue weighted by Crippen LogP contribution is -2.26. The first-order chi connectivity index (χ1) is 5.20. The molecule has 1 fully saturated rings. The molecule has 0 aromatic carbocycles. The van der Waals surface area contributed by atoms with Crippen LogP contribution in [0.1, 0.15) is 12.8 Å². The number of hydrogen-bond donors (Lipinski definition) is 1. The molecule has 1 N–H and O–H groups in total. The van der Waals surface area contributed by atoms with Crippen LogP contribution in [0, 0.1) is 5.92 Å². The second kappa shape index (κ2) is 3.95. The van der Waals surface area contributed by atoms with Gasteiger partial charge in [-0.05, 0) is 17.9 Å². The van der Waals surface area contributed by atoms with Crippen molar-refractivity contribution in [3.8, 4) is 0 Å². The third kappa shape index (κ3) is 2.69. The van der Waals surface area contributed by atoms with Crippen LogP contribution in [0.15, 0.2) is 0 Å². The van der Waals surface area contributed by atoms with E-state index >= 15 is 0 Å². The largest absolute Gasteiger partial charge is 0.481 e. The average Bonchev–Trinajstić information content (AvgIpc) is 1.93. The summed E-state index contributed by atoms with van der Waals surface area (Å²) in [5, 5.41) is 8.41. The number of aliphatic carboxylic acids is 1. The Hall–Kier alpha value is -0.250. The van der Waals surface area contributed by atoms with Gasteiger partial charge in [0.05, 0.1) is 6.42 Å². The predicted molar refractivity (Wildman–Crippen MR) is 42.6 cm³/mol. The van der Waals surface area contributed by atoms with E-state index in [1.165, 1.54) is 0 Å². The Morgan fingerprint density at radius 2 is 2.45 bits per heavy atom. The highest BCUT2D eigenvalue weighted by Gasteiger charge is 2.26. The van der Waals surface area contributed by atoms with Gasteiger partial charge in [-0.15, -0.1) is 0 Å². The van der Waals surface area contributed by atoms with Crippen molar-refractivity contribution >= 4 is 17.7 Å². The number of alkyl halides is 1. The minimum Gasteiger partial charge on any atom is -0.481 e. The van der Waals surface area contributed by atoms with E-state index in [1.807, 2.05) is 0 Å². The molecule has 0 spiro atoms. The van der Waals surface area contributed by atoms with Crippen LogP contribution in [0.4, 0.5) is 4.39 Å². The summed E-state index contributed by atoms with van der Waals surface area (Å²) in [5.74, 6) is 0.344. The Balaban J connectivity index is 2.35. The number of halogens is 1. The van der Waals surface area contributed by atoms with Crippen molar-refractivity contribution in [2.45, 2.75) is 19.0 Å². The summed E-state index contributed by atoms with van der Waals surface area (Å²) in [4.78, 5) is 10.2. The Labute approximate surface area is 69.2 Å². The van der Waals surface area contributed by atoms with Gasteiger partial charge in [-0.25, -0.2) is 4.39 Å². The number of carboxylic acid groups (broad SMARTS) is 1. The van der Waals surface area contributed by atoms with Gasteiger partial charge in [0.15, 0.2) is 0 Å². The van der Waals surface area contributed by atoms with E-state index in [-0.39, 0.29) is 12.3 Å². The zero-order chi connectivity index (χ0) is 8.27. The van der Waals surface area contributed by atoms with Crippen LogP contribution in [0.5, 0.6) is 0 Å². The van der Waals surface area contributed by atoms with E-state index in [2.05, 4.69) is 0 Å². The van der Waals surface area contributed by atoms with Gasteiger partial charge in [-0.2, -0.15) is 11.8 Å². The molecule has 0 bridgehead atoms. The number of carbonyl (C=O) groups is 1. The van der Waals surface area contributed by atoms with E-state index in [0.29, 0.717) is 12.2 Å². The van der Waals surface area contributed by atoms with Crippen molar-refractivity contribution in [3.05, 3.63) is 0 Å². The van der Waals surface area contributed by atoms with E-state index in [4.69, 9.17) is 5.11 Å². The summed E-state index contributed by atoms with van der Waals surface area (Å²) in [6.45, 7) is 0. The summed E-state index contributed by atoms with van der Waals surface area (Å²) in [6.07, 6.45) is -0.399. The minimum atomic E-state index is -0.896. The molecular weight excluding hydrogens is 167 g/mol. The molecule has 1 saturated heterocycles. The van der Waals surface area contributed by atoms with Crippen molar-refractivity contribution in [2.75, 3.05) is 11.5 Å². The lowest BCUT2D eigenvalue weighted by molar-refractivity contribution is -0.138. The van der Waals surface area contributed by atoms with Gasteiger partial charge in [0.25, 0.3) is 0 Å².